The van der Waals surface area contributed by atoms with Gasteiger partial charge in [-0.25, -0.2) is 15.0 Å². The van der Waals surface area contributed by atoms with Gasteiger partial charge in [0.2, 0.25) is 5.95 Å². The van der Waals surface area contributed by atoms with Crippen LogP contribution in [0, 0.1) is 6.92 Å². The van der Waals surface area contributed by atoms with Crippen LogP contribution in [0.3, 0.4) is 0 Å². The van der Waals surface area contributed by atoms with E-state index in [4.69, 9.17) is 0 Å². The summed E-state index contributed by atoms with van der Waals surface area (Å²) in [7, 11) is 0. The van der Waals surface area contributed by atoms with Crippen LogP contribution in [0.4, 0.5) is 19.1 Å². The van der Waals surface area contributed by atoms with Gasteiger partial charge in [-0.1, -0.05) is 6.58 Å². The third kappa shape index (κ3) is 3.47. The molecule has 0 amide bonds. The molecule has 0 aliphatic carbocycles. The Labute approximate surface area is 142 Å². The number of nitrogens with zero attached hydrogens (tertiary/aromatic N) is 4. The molecule has 0 spiro atoms. The molecule has 1 atom stereocenters. The molecular formula is C17H16F3N5. The number of rotatable bonds is 4. The van der Waals surface area contributed by atoms with Crippen molar-refractivity contribution in [3.63, 3.8) is 0 Å². The lowest BCUT2D eigenvalue weighted by molar-refractivity contribution is -0.138. The molecule has 25 heavy (non-hydrogen) atoms. The highest BCUT2D eigenvalue weighted by Gasteiger charge is 2.36. The zero-order chi connectivity index (χ0) is 18.2. The number of anilines is 1. The molecule has 0 fully saturated rings. The van der Waals surface area contributed by atoms with Gasteiger partial charge in [0.1, 0.15) is 11.7 Å². The Bertz CT molecular complexity index is 929. The lowest BCUT2D eigenvalue weighted by atomic mass is 10.0. The van der Waals surface area contributed by atoms with Gasteiger partial charge in [-0.15, -0.1) is 0 Å². The third-order valence-electron chi connectivity index (χ3n) is 3.88. The van der Waals surface area contributed by atoms with Crippen LogP contribution in [0.1, 0.15) is 23.7 Å². The van der Waals surface area contributed by atoms with Gasteiger partial charge < -0.3 is 9.72 Å². The summed E-state index contributed by atoms with van der Waals surface area (Å²) in [5.74, 6) is -0.0658. The molecular weight excluding hydrogens is 331 g/mol. The summed E-state index contributed by atoms with van der Waals surface area (Å²) in [6.07, 6.45) is 2.51. The highest BCUT2D eigenvalue weighted by Crippen LogP contribution is 2.25. The zero-order valence-electron chi connectivity index (χ0n) is 13.7. The van der Waals surface area contributed by atoms with Crippen LogP contribution in [0.25, 0.3) is 11.2 Å². The number of hydrogen-bond donors (Lipinski definition) is 1. The molecule has 130 valence electrons. The predicted molar refractivity (Wildman–Crippen MR) is 89.2 cm³/mol. The number of alkyl halides is 3. The SMILES string of the molecule is C=C(c1ccc2nccn2c1)c1cnc(NC(C)C(F)(F)F)nc1C. The maximum atomic E-state index is 12.6. The Morgan fingerprint density at radius 3 is 2.72 bits per heavy atom. The van der Waals surface area contributed by atoms with E-state index in [0.29, 0.717) is 16.8 Å². The number of aromatic nitrogens is 4. The smallest absolute Gasteiger partial charge is 0.343 e. The van der Waals surface area contributed by atoms with E-state index in [0.717, 1.165) is 18.1 Å². The van der Waals surface area contributed by atoms with Crippen molar-refractivity contribution in [2.24, 2.45) is 0 Å². The second-order valence-electron chi connectivity index (χ2n) is 5.69. The highest BCUT2D eigenvalue weighted by molar-refractivity contribution is 5.79. The predicted octanol–water partition coefficient (Wildman–Crippen LogP) is 3.86. The van der Waals surface area contributed by atoms with Crippen molar-refractivity contribution >= 4 is 17.2 Å². The summed E-state index contributed by atoms with van der Waals surface area (Å²) >= 11 is 0. The molecule has 0 radical (unpaired) electrons. The van der Waals surface area contributed by atoms with E-state index < -0.39 is 12.2 Å². The molecule has 3 rings (SSSR count). The summed E-state index contributed by atoms with van der Waals surface area (Å²) < 4.78 is 39.7. The largest absolute Gasteiger partial charge is 0.408 e. The molecule has 1 unspecified atom stereocenters. The lowest BCUT2D eigenvalue weighted by Gasteiger charge is -2.18. The second-order valence-corrected chi connectivity index (χ2v) is 5.69. The van der Waals surface area contributed by atoms with Crippen LogP contribution in [-0.2, 0) is 0 Å². The van der Waals surface area contributed by atoms with E-state index in [-0.39, 0.29) is 5.95 Å². The van der Waals surface area contributed by atoms with Crippen molar-refractivity contribution in [3.05, 3.63) is 60.3 Å². The molecule has 0 aliphatic heterocycles. The minimum absolute atomic E-state index is 0.0658. The summed E-state index contributed by atoms with van der Waals surface area (Å²) in [4.78, 5) is 12.3. The van der Waals surface area contributed by atoms with Gasteiger partial charge >= 0.3 is 6.18 Å². The van der Waals surface area contributed by atoms with Crippen LogP contribution in [-0.4, -0.2) is 31.6 Å². The van der Waals surface area contributed by atoms with Crippen LogP contribution in [0.2, 0.25) is 0 Å². The number of fused-ring (bicyclic) bond motifs is 1. The normalized spacial score (nSPS) is 13.0. The highest BCUT2D eigenvalue weighted by atomic mass is 19.4. The molecule has 8 heteroatoms. The number of aryl methyl sites for hydroxylation is 1. The Kier molecular flexibility index (Phi) is 4.20. The number of halogens is 3. The third-order valence-corrected chi connectivity index (χ3v) is 3.88. The first-order valence-electron chi connectivity index (χ1n) is 7.55. The van der Waals surface area contributed by atoms with Crippen molar-refractivity contribution in [2.45, 2.75) is 26.1 Å². The molecule has 0 saturated heterocycles. The Morgan fingerprint density at radius 2 is 2.04 bits per heavy atom. The van der Waals surface area contributed by atoms with Gasteiger partial charge in [-0.05, 0) is 37.1 Å². The number of nitrogens with one attached hydrogen (secondary N) is 1. The van der Waals surface area contributed by atoms with Gasteiger partial charge in [0.25, 0.3) is 0 Å². The van der Waals surface area contributed by atoms with Crippen LogP contribution < -0.4 is 5.32 Å². The monoisotopic (exact) mass is 347 g/mol. The summed E-state index contributed by atoms with van der Waals surface area (Å²) in [5, 5.41) is 2.26. The fraction of sp³-hybridized carbons (Fsp3) is 0.235. The van der Waals surface area contributed by atoms with E-state index in [1.807, 2.05) is 28.9 Å². The average Bonchev–Trinajstić information content (AvgIpc) is 3.01. The van der Waals surface area contributed by atoms with E-state index in [1.54, 1.807) is 13.1 Å². The van der Waals surface area contributed by atoms with Crippen LogP contribution in [0.5, 0.6) is 0 Å². The minimum Gasteiger partial charge on any atom is -0.343 e. The van der Waals surface area contributed by atoms with Crippen molar-refractivity contribution in [1.82, 2.24) is 19.4 Å². The molecule has 0 aromatic carbocycles. The molecule has 5 nitrogen and oxygen atoms in total. The Balaban J connectivity index is 1.86. The van der Waals surface area contributed by atoms with Crippen molar-refractivity contribution in [2.75, 3.05) is 5.32 Å². The standard InChI is InChI=1S/C17H16F3N5/c1-10(13-4-5-15-21-6-7-25(15)9-13)14-8-22-16(23-11(14)2)24-12(3)17(18,19)20/h4-9,12H,1H2,2-3H3,(H,22,23,24). The maximum Gasteiger partial charge on any atom is 0.408 e. The lowest BCUT2D eigenvalue weighted by Crippen LogP contribution is -2.33. The molecule has 0 aliphatic rings. The quantitative estimate of drug-likeness (QED) is 0.779. The van der Waals surface area contributed by atoms with E-state index in [1.165, 1.54) is 6.20 Å². The number of imidazole rings is 1. The van der Waals surface area contributed by atoms with E-state index in [2.05, 4.69) is 26.8 Å². The van der Waals surface area contributed by atoms with Gasteiger partial charge in [0.05, 0.1) is 5.69 Å². The van der Waals surface area contributed by atoms with Crippen LogP contribution >= 0.6 is 0 Å². The molecule has 1 N–H and O–H groups in total. The molecule has 3 aromatic heterocycles. The van der Waals surface area contributed by atoms with Crippen molar-refractivity contribution in [1.29, 1.82) is 0 Å². The first-order valence-corrected chi connectivity index (χ1v) is 7.55. The van der Waals surface area contributed by atoms with Gasteiger partial charge in [-0.2, -0.15) is 13.2 Å². The van der Waals surface area contributed by atoms with Crippen molar-refractivity contribution in [3.8, 4) is 0 Å². The van der Waals surface area contributed by atoms with Gasteiger partial charge in [-0.3, -0.25) is 0 Å². The summed E-state index contributed by atoms with van der Waals surface area (Å²) in [6.45, 7) is 6.79. The molecule has 3 heterocycles. The first-order chi connectivity index (χ1) is 11.8. The van der Waals surface area contributed by atoms with Crippen molar-refractivity contribution < 1.29 is 13.2 Å². The number of hydrogen-bond acceptors (Lipinski definition) is 4. The van der Waals surface area contributed by atoms with E-state index >= 15 is 0 Å². The Hall–Kier alpha value is -2.90. The molecule has 3 aromatic rings. The second kappa shape index (κ2) is 6.19. The average molecular weight is 347 g/mol. The zero-order valence-corrected chi connectivity index (χ0v) is 13.7. The van der Waals surface area contributed by atoms with Crippen LogP contribution in [0.15, 0.2) is 43.5 Å². The minimum atomic E-state index is -4.36. The Morgan fingerprint density at radius 1 is 1.28 bits per heavy atom. The first kappa shape index (κ1) is 16.9. The van der Waals surface area contributed by atoms with Gasteiger partial charge in [0.15, 0.2) is 0 Å². The number of pyridine rings is 1. The summed E-state index contributed by atoms with van der Waals surface area (Å²) in [6, 6.07) is 2.00. The summed E-state index contributed by atoms with van der Waals surface area (Å²) in [5.41, 5.74) is 3.56. The fourth-order valence-electron chi connectivity index (χ4n) is 2.36. The fourth-order valence-corrected chi connectivity index (χ4v) is 2.36. The van der Waals surface area contributed by atoms with E-state index in [9.17, 15) is 13.2 Å². The topological polar surface area (TPSA) is 55.1 Å². The molecule has 0 bridgehead atoms. The maximum absolute atomic E-state index is 12.6. The molecule has 0 saturated carbocycles. The van der Waals surface area contributed by atoms with Gasteiger partial charge in [0, 0.05) is 30.4 Å².